The molecule has 1 fully saturated rings. The first-order valence-corrected chi connectivity index (χ1v) is 11.6. The van der Waals surface area contributed by atoms with Crippen molar-refractivity contribution < 1.29 is 9.53 Å². The van der Waals surface area contributed by atoms with E-state index in [1.807, 2.05) is 55.5 Å². The van der Waals surface area contributed by atoms with Gasteiger partial charge in [-0.25, -0.2) is 0 Å². The summed E-state index contributed by atoms with van der Waals surface area (Å²) in [5.74, 6) is 1.13. The van der Waals surface area contributed by atoms with Gasteiger partial charge < -0.3 is 10.1 Å². The number of ether oxygens (including phenoxy) is 1. The van der Waals surface area contributed by atoms with E-state index in [1.165, 1.54) is 5.56 Å². The molecule has 0 aromatic heterocycles. The van der Waals surface area contributed by atoms with Crippen LogP contribution in [0.1, 0.15) is 42.5 Å². The van der Waals surface area contributed by atoms with E-state index in [-0.39, 0.29) is 17.9 Å². The number of nitrogens with zero attached hydrogens (tertiary/aromatic N) is 1. The number of hydrogen-bond donors (Lipinski definition) is 1. The summed E-state index contributed by atoms with van der Waals surface area (Å²) in [7, 11) is 0. The molecule has 3 aromatic rings. The number of amides is 1. The van der Waals surface area contributed by atoms with E-state index in [0.29, 0.717) is 6.61 Å². The first kappa shape index (κ1) is 22.1. The third-order valence-corrected chi connectivity index (χ3v) is 6.13. The molecule has 0 spiro atoms. The standard InChI is InChI=1S/C28H32N2O2/c1-2-32-26-15-9-10-22(20-26)21-30-18-16-25(17-19-30)28(31)29-27(23-11-5-3-6-12-23)24-13-7-4-8-14-24/h3-15,20,25,27H,2,16-19,21H2,1H3,(H,29,31). The van der Waals surface area contributed by atoms with Gasteiger partial charge >= 0.3 is 0 Å². The molecule has 4 rings (SSSR count). The van der Waals surface area contributed by atoms with E-state index in [1.54, 1.807) is 0 Å². The van der Waals surface area contributed by atoms with E-state index in [2.05, 4.69) is 46.6 Å². The number of benzene rings is 3. The zero-order valence-corrected chi connectivity index (χ0v) is 18.7. The van der Waals surface area contributed by atoms with Gasteiger partial charge in [0, 0.05) is 12.5 Å². The minimum absolute atomic E-state index is 0.0518. The van der Waals surface area contributed by atoms with E-state index in [9.17, 15) is 4.79 Å². The fourth-order valence-corrected chi connectivity index (χ4v) is 4.42. The van der Waals surface area contributed by atoms with Gasteiger partial charge in [0.05, 0.1) is 12.6 Å². The number of carbonyl (C=O) groups excluding carboxylic acids is 1. The lowest BCUT2D eigenvalue weighted by Gasteiger charge is -2.32. The third kappa shape index (κ3) is 5.77. The first-order valence-electron chi connectivity index (χ1n) is 11.6. The number of hydrogen-bond acceptors (Lipinski definition) is 3. The van der Waals surface area contributed by atoms with Gasteiger partial charge in [-0.3, -0.25) is 9.69 Å². The van der Waals surface area contributed by atoms with Crippen molar-refractivity contribution in [2.24, 2.45) is 5.92 Å². The fraction of sp³-hybridized carbons (Fsp3) is 0.321. The third-order valence-electron chi connectivity index (χ3n) is 6.13. The number of piperidine rings is 1. The largest absolute Gasteiger partial charge is 0.494 e. The molecule has 0 radical (unpaired) electrons. The lowest BCUT2D eigenvalue weighted by Crippen LogP contribution is -2.41. The Hall–Kier alpha value is -3.11. The number of likely N-dealkylation sites (tertiary alicyclic amines) is 1. The van der Waals surface area contributed by atoms with Crippen molar-refractivity contribution in [2.75, 3.05) is 19.7 Å². The van der Waals surface area contributed by atoms with Gasteiger partial charge in [0.25, 0.3) is 0 Å². The monoisotopic (exact) mass is 428 g/mol. The van der Waals surface area contributed by atoms with Gasteiger partial charge in [-0.05, 0) is 61.7 Å². The van der Waals surface area contributed by atoms with Gasteiger partial charge in [-0.15, -0.1) is 0 Å². The maximum atomic E-state index is 13.2. The van der Waals surface area contributed by atoms with Gasteiger partial charge in [0.15, 0.2) is 0 Å². The predicted octanol–water partition coefficient (Wildman–Crippen LogP) is 5.20. The second kappa shape index (κ2) is 11.0. The highest BCUT2D eigenvalue weighted by Crippen LogP contribution is 2.25. The Bertz CT molecular complexity index is 943. The number of carbonyl (C=O) groups is 1. The van der Waals surface area contributed by atoms with Crippen molar-refractivity contribution in [1.82, 2.24) is 10.2 Å². The average Bonchev–Trinajstić information content (AvgIpc) is 2.84. The molecule has 166 valence electrons. The van der Waals surface area contributed by atoms with Crippen LogP contribution >= 0.6 is 0 Å². The Kier molecular flexibility index (Phi) is 7.57. The van der Waals surface area contributed by atoms with Crippen LogP contribution in [-0.2, 0) is 11.3 Å². The van der Waals surface area contributed by atoms with Crippen LogP contribution in [0.15, 0.2) is 84.9 Å². The quantitative estimate of drug-likeness (QED) is 0.536. The molecule has 1 aliphatic rings. The maximum absolute atomic E-state index is 13.2. The summed E-state index contributed by atoms with van der Waals surface area (Å²) in [5, 5.41) is 3.33. The van der Waals surface area contributed by atoms with Crippen LogP contribution in [0.4, 0.5) is 0 Å². The average molecular weight is 429 g/mol. The molecule has 1 saturated heterocycles. The molecule has 1 N–H and O–H groups in total. The molecule has 1 heterocycles. The molecule has 32 heavy (non-hydrogen) atoms. The van der Waals surface area contributed by atoms with Gasteiger partial charge in [-0.2, -0.15) is 0 Å². The Morgan fingerprint density at radius 1 is 0.938 bits per heavy atom. The topological polar surface area (TPSA) is 41.6 Å². The van der Waals surface area contributed by atoms with Crippen LogP contribution in [0.2, 0.25) is 0 Å². The Labute approximate surface area is 191 Å². The molecule has 3 aromatic carbocycles. The van der Waals surface area contributed by atoms with Crippen LogP contribution in [0, 0.1) is 5.92 Å². The van der Waals surface area contributed by atoms with Gasteiger partial charge in [0.2, 0.25) is 5.91 Å². The van der Waals surface area contributed by atoms with Crippen molar-refractivity contribution in [2.45, 2.75) is 32.4 Å². The molecular weight excluding hydrogens is 396 g/mol. The zero-order valence-electron chi connectivity index (χ0n) is 18.7. The Balaban J connectivity index is 1.36. The first-order chi connectivity index (χ1) is 15.7. The van der Waals surface area contributed by atoms with Gasteiger partial charge in [0.1, 0.15) is 5.75 Å². The van der Waals surface area contributed by atoms with Gasteiger partial charge in [-0.1, -0.05) is 72.8 Å². The second-order valence-corrected chi connectivity index (χ2v) is 8.39. The van der Waals surface area contributed by atoms with E-state index >= 15 is 0 Å². The molecule has 0 aliphatic carbocycles. The summed E-state index contributed by atoms with van der Waals surface area (Å²) in [4.78, 5) is 15.6. The summed E-state index contributed by atoms with van der Waals surface area (Å²) in [6.07, 6.45) is 1.76. The Morgan fingerprint density at radius 2 is 1.56 bits per heavy atom. The molecule has 1 amide bonds. The van der Waals surface area contributed by atoms with E-state index in [4.69, 9.17) is 4.74 Å². The predicted molar refractivity (Wildman–Crippen MR) is 128 cm³/mol. The summed E-state index contributed by atoms with van der Waals surface area (Å²) in [6.45, 7) is 5.43. The minimum atomic E-state index is -0.121. The van der Waals surface area contributed by atoms with Crippen LogP contribution in [0.5, 0.6) is 5.75 Å². The summed E-state index contributed by atoms with van der Waals surface area (Å²) < 4.78 is 5.62. The molecule has 0 saturated carbocycles. The highest BCUT2D eigenvalue weighted by molar-refractivity contribution is 5.79. The van der Waals surface area contributed by atoms with Crippen LogP contribution < -0.4 is 10.1 Å². The summed E-state index contributed by atoms with van der Waals surface area (Å²) in [6, 6.07) is 28.6. The molecule has 0 unspecified atom stereocenters. The SMILES string of the molecule is CCOc1cccc(CN2CCC(C(=O)NC(c3ccccc3)c3ccccc3)CC2)c1. The van der Waals surface area contributed by atoms with Crippen molar-refractivity contribution in [3.8, 4) is 5.75 Å². The molecule has 1 aliphatic heterocycles. The van der Waals surface area contributed by atoms with E-state index < -0.39 is 0 Å². The molecular formula is C28H32N2O2. The van der Waals surface area contributed by atoms with Crippen LogP contribution in [0.25, 0.3) is 0 Å². The molecule has 4 heteroatoms. The molecule has 0 bridgehead atoms. The highest BCUT2D eigenvalue weighted by Gasteiger charge is 2.27. The van der Waals surface area contributed by atoms with Crippen molar-refractivity contribution in [3.63, 3.8) is 0 Å². The van der Waals surface area contributed by atoms with Crippen molar-refractivity contribution >= 4 is 5.91 Å². The maximum Gasteiger partial charge on any atom is 0.223 e. The normalized spacial score (nSPS) is 14.9. The smallest absolute Gasteiger partial charge is 0.223 e. The number of rotatable bonds is 8. The second-order valence-electron chi connectivity index (χ2n) is 8.39. The summed E-state index contributed by atoms with van der Waals surface area (Å²) >= 11 is 0. The van der Waals surface area contributed by atoms with E-state index in [0.717, 1.165) is 49.4 Å². The molecule has 4 nitrogen and oxygen atoms in total. The van der Waals surface area contributed by atoms with Crippen molar-refractivity contribution in [3.05, 3.63) is 102 Å². The summed E-state index contributed by atoms with van der Waals surface area (Å²) in [5.41, 5.74) is 3.48. The number of nitrogens with one attached hydrogen (secondary N) is 1. The highest BCUT2D eigenvalue weighted by atomic mass is 16.5. The van der Waals surface area contributed by atoms with Crippen molar-refractivity contribution in [1.29, 1.82) is 0 Å². The fourth-order valence-electron chi connectivity index (χ4n) is 4.42. The van der Waals surface area contributed by atoms with Crippen LogP contribution in [-0.4, -0.2) is 30.5 Å². The zero-order chi connectivity index (χ0) is 22.2. The Morgan fingerprint density at radius 3 is 2.16 bits per heavy atom. The van der Waals surface area contributed by atoms with Crippen LogP contribution in [0.3, 0.4) is 0 Å². The molecule has 0 atom stereocenters. The lowest BCUT2D eigenvalue weighted by molar-refractivity contribution is -0.127. The lowest BCUT2D eigenvalue weighted by atomic mass is 9.93. The minimum Gasteiger partial charge on any atom is -0.494 e.